The summed E-state index contributed by atoms with van der Waals surface area (Å²) in [6.07, 6.45) is 0. The van der Waals surface area contributed by atoms with Crippen molar-refractivity contribution in [1.82, 2.24) is 9.97 Å². The third-order valence-electron chi connectivity index (χ3n) is 3.09. The van der Waals surface area contributed by atoms with E-state index in [0.717, 1.165) is 29.0 Å². The van der Waals surface area contributed by atoms with Crippen molar-refractivity contribution < 1.29 is 14.3 Å². The van der Waals surface area contributed by atoms with Gasteiger partial charge in [0.15, 0.2) is 5.82 Å². The van der Waals surface area contributed by atoms with E-state index in [9.17, 15) is 4.79 Å². The summed E-state index contributed by atoms with van der Waals surface area (Å²) >= 11 is 1.51. The average Bonchev–Trinajstić information content (AvgIpc) is 3.05. The van der Waals surface area contributed by atoms with Gasteiger partial charge in [-0.05, 0) is 37.4 Å². The predicted molar refractivity (Wildman–Crippen MR) is 101 cm³/mol. The number of carbonyl (C=O) groups excluding carboxylic acids is 1. The highest BCUT2D eigenvalue weighted by molar-refractivity contribution is 7.17. The molecule has 6 nitrogen and oxygen atoms in total. The first-order chi connectivity index (χ1) is 12.0. The van der Waals surface area contributed by atoms with Gasteiger partial charge < -0.3 is 15.2 Å². The molecule has 0 spiro atoms. The van der Waals surface area contributed by atoms with Crippen LogP contribution in [0.3, 0.4) is 0 Å². The molecule has 0 aliphatic rings. The molecular formula is C18H21N3O3S. The third-order valence-corrected chi connectivity index (χ3v) is 4.02. The molecule has 0 amide bonds. The maximum absolute atomic E-state index is 11.0. The van der Waals surface area contributed by atoms with Crippen LogP contribution in [0.2, 0.25) is 0 Å². The lowest BCUT2D eigenvalue weighted by atomic mass is 10.2. The summed E-state index contributed by atoms with van der Waals surface area (Å²) in [5.41, 5.74) is 7.50. The quantitative estimate of drug-likeness (QED) is 0.561. The summed E-state index contributed by atoms with van der Waals surface area (Å²) in [7, 11) is 0. The van der Waals surface area contributed by atoms with Gasteiger partial charge in [0.25, 0.3) is 0 Å². The molecule has 0 bridgehead atoms. The van der Waals surface area contributed by atoms with Gasteiger partial charge in [-0.25, -0.2) is 9.97 Å². The molecule has 3 aromatic rings. The Morgan fingerprint density at radius 2 is 1.96 bits per heavy atom. The lowest BCUT2D eigenvalue weighted by Crippen LogP contribution is -2.01. The summed E-state index contributed by atoms with van der Waals surface area (Å²) < 4.78 is 10.8. The number of carbonyl (C=O) groups is 1. The van der Waals surface area contributed by atoms with Gasteiger partial charge in [-0.1, -0.05) is 12.1 Å². The number of anilines is 1. The van der Waals surface area contributed by atoms with Crippen molar-refractivity contribution in [2.45, 2.75) is 20.8 Å². The van der Waals surface area contributed by atoms with E-state index in [-0.39, 0.29) is 5.97 Å². The van der Waals surface area contributed by atoms with Crippen LogP contribution in [-0.2, 0) is 9.53 Å². The standard InChI is InChI=1S/C14H11N3O2S.C4H10O/c1-8(18)19-10-4-2-3-9(7-10)14-16-11-5-6-20-12(11)13(15)17-14;1-3-5-4-2/h2-7H,1H3,(H2,15,16,17);3-4H2,1-2H3. The van der Waals surface area contributed by atoms with Crippen molar-refractivity contribution >= 4 is 33.3 Å². The molecule has 2 N–H and O–H groups in total. The Morgan fingerprint density at radius 3 is 2.60 bits per heavy atom. The van der Waals surface area contributed by atoms with Gasteiger partial charge in [-0.3, -0.25) is 4.79 Å². The zero-order valence-electron chi connectivity index (χ0n) is 14.5. The first kappa shape index (κ1) is 18.8. The summed E-state index contributed by atoms with van der Waals surface area (Å²) in [5, 5.41) is 1.93. The van der Waals surface area contributed by atoms with E-state index in [0.29, 0.717) is 17.4 Å². The van der Waals surface area contributed by atoms with Gasteiger partial charge in [-0.2, -0.15) is 0 Å². The maximum Gasteiger partial charge on any atom is 0.308 e. The molecule has 25 heavy (non-hydrogen) atoms. The lowest BCUT2D eigenvalue weighted by molar-refractivity contribution is -0.131. The van der Waals surface area contributed by atoms with Gasteiger partial charge in [0, 0.05) is 25.7 Å². The molecule has 3 rings (SSSR count). The van der Waals surface area contributed by atoms with Crippen LogP contribution in [0.1, 0.15) is 20.8 Å². The highest BCUT2D eigenvalue weighted by Gasteiger charge is 2.09. The van der Waals surface area contributed by atoms with E-state index in [4.69, 9.17) is 15.2 Å². The normalized spacial score (nSPS) is 10.2. The van der Waals surface area contributed by atoms with Crippen LogP contribution in [0, 0.1) is 0 Å². The zero-order chi connectivity index (χ0) is 18.2. The second-order valence-electron chi connectivity index (χ2n) is 4.97. The molecule has 0 atom stereocenters. The molecule has 7 heteroatoms. The number of aromatic nitrogens is 2. The number of nitrogens with zero attached hydrogens (tertiary/aromatic N) is 2. The average molecular weight is 359 g/mol. The first-order valence-corrected chi connectivity index (χ1v) is 8.80. The van der Waals surface area contributed by atoms with Crippen LogP contribution in [0.4, 0.5) is 5.82 Å². The highest BCUT2D eigenvalue weighted by atomic mass is 32.1. The maximum atomic E-state index is 11.0. The fourth-order valence-corrected chi connectivity index (χ4v) is 2.82. The van der Waals surface area contributed by atoms with E-state index in [1.165, 1.54) is 18.3 Å². The van der Waals surface area contributed by atoms with Gasteiger partial charge in [0.05, 0.1) is 10.2 Å². The van der Waals surface area contributed by atoms with Gasteiger partial charge in [0.2, 0.25) is 0 Å². The predicted octanol–water partition coefficient (Wildman–Crippen LogP) is 3.91. The summed E-state index contributed by atoms with van der Waals surface area (Å²) in [6.45, 7) is 7.03. The molecule has 0 saturated heterocycles. The number of fused-ring (bicyclic) bond motifs is 1. The van der Waals surface area contributed by atoms with Gasteiger partial charge >= 0.3 is 5.97 Å². The molecule has 2 aromatic heterocycles. The number of rotatable bonds is 4. The van der Waals surface area contributed by atoms with Crippen molar-refractivity contribution in [3.63, 3.8) is 0 Å². The minimum Gasteiger partial charge on any atom is -0.427 e. The molecular weight excluding hydrogens is 338 g/mol. The second kappa shape index (κ2) is 9.10. The molecule has 0 saturated carbocycles. The highest BCUT2D eigenvalue weighted by Crippen LogP contribution is 2.28. The number of nitrogens with two attached hydrogens (primary N) is 1. The number of esters is 1. The molecule has 0 aliphatic carbocycles. The van der Waals surface area contributed by atoms with Crippen molar-refractivity contribution in [2.24, 2.45) is 0 Å². The first-order valence-electron chi connectivity index (χ1n) is 7.92. The Morgan fingerprint density at radius 1 is 1.20 bits per heavy atom. The Labute approximate surface area is 150 Å². The van der Waals surface area contributed by atoms with Crippen LogP contribution in [0.25, 0.3) is 21.6 Å². The SMILES string of the molecule is CC(=O)Oc1cccc(-c2nc(N)c3sccc3n2)c1.CCOCC. The molecule has 0 radical (unpaired) electrons. The van der Waals surface area contributed by atoms with Crippen LogP contribution in [0.15, 0.2) is 35.7 Å². The minimum absolute atomic E-state index is 0.365. The second-order valence-corrected chi connectivity index (χ2v) is 5.89. The van der Waals surface area contributed by atoms with Crippen LogP contribution < -0.4 is 10.5 Å². The number of thiophene rings is 1. The largest absolute Gasteiger partial charge is 0.427 e. The smallest absolute Gasteiger partial charge is 0.308 e. The van der Waals surface area contributed by atoms with E-state index >= 15 is 0 Å². The topological polar surface area (TPSA) is 87.3 Å². The van der Waals surface area contributed by atoms with Crippen molar-refractivity contribution in [3.8, 4) is 17.1 Å². The van der Waals surface area contributed by atoms with Gasteiger partial charge in [-0.15, -0.1) is 11.3 Å². The number of nitrogen functional groups attached to an aromatic ring is 1. The summed E-state index contributed by atoms with van der Waals surface area (Å²) in [4.78, 5) is 19.7. The number of ether oxygens (including phenoxy) is 2. The Bertz CT molecular complexity index is 846. The molecule has 0 unspecified atom stereocenters. The van der Waals surface area contributed by atoms with Gasteiger partial charge in [0.1, 0.15) is 11.6 Å². The Balaban J connectivity index is 0.000000399. The molecule has 2 heterocycles. The van der Waals surface area contributed by atoms with Crippen molar-refractivity contribution in [2.75, 3.05) is 18.9 Å². The Kier molecular flexibility index (Phi) is 6.85. The number of hydrogen-bond acceptors (Lipinski definition) is 7. The minimum atomic E-state index is -0.365. The Hall–Kier alpha value is -2.51. The number of hydrogen-bond donors (Lipinski definition) is 1. The molecule has 1 aromatic carbocycles. The van der Waals surface area contributed by atoms with E-state index in [1.807, 2.05) is 31.4 Å². The molecule has 0 aliphatic heterocycles. The summed E-state index contributed by atoms with van der Waals surface area (Å²) in [5.74, 6) is 1.07. The monoisotopic (exact) mass is 359 g/mol. The number of benzene rings is 1. The van der Waals surface area contributed by atoms with Crippen LogP contribution in [-0.4, -0.2) is 29.2 Å². The van der Waals surface area contributed by atoms with E-state index in [2.05, 4.69) is 9.97 Å². The zero-order valence-corrected chi connectivity index (χ0v) is 15.3. The molecule has 0 fully saturated rings. The lowest BCUT2D eigenvalue weighted by Gasteiger charge is -2.05. The molecule has 132 valence electrons. The van der Waals surface area contributed by atoms with E-state index in [1.54, 1.807) is 18.2 Å². The van der Waals surface area contributed by atoms with Crippen LogP contribution >= 0.6 is 11.3 Å². The van der Waals surface area contributed by atoms with Crippen molar-refractivity contribution in [3.05, 3.63) is 35.7 Å². The summed E-state index contributed by atoms with van der Waals surface area (Å²) in [6, 6.07) is 8.95. The van der Waals surface area contributed by atoms with Crippen LogP contribution in [0.5, 0.6) is 5.75 Å². The fraction of sp³-hybridized carbons (Fsp3) is 0.278. The van der Waals surface area contributed by atoms with E-state index < -0.39 is 0 Å². The van der Waals surface area contributed by atoms with Crippen molar-refractivity contribution in [1.29, 1.82) is 0 Å². The fourth-order valence-electron chi connectivity index (χ4n) is 2.08. The third kappa shape index (κ3) is 5.23.